The lowest BCUT2D eigenvalue weighted by Gasteiger charge is -2.06. The number of rotatable bonds is 6. The van der Waals surface area contributed by atoms with Crippen molar-refractivity contribution in [3.05, 3.63) is 65.0 Å². The minimum atomic E-state index is -0.386. The molecule has 110 valence electrons. The molecule has 2 rings (SSSR count). The van der Waals surface area contributed by atoms with Gasteiger partial charge in [-0.2, -0.15) is 0 Å². The smallest absolute Gasteiger partial charge is 0.339 e. The molecule has 0 aliphatic heterocycles. The van der Waals surface area contributed by atoms with Gasteiger partial charge in [0, 0.05) is 19.3 Å². The average Bonchev–Trinajstić information content (AvgIpc) is 2.55. The Hall–Kier alpha value is -2.24. The predicted molar refractivity (Wildman–Crippen MR) is 78.5 cm³/mol. The molecular weight excluding hydrogens is 268 g/mol. The quantitative estimate of drug-likeness (QED) is 0.790. The molecule has 0 saturated carbocycles. The summed E-state index contributed by atoms with van der Waals surface area (Å²) >= 11 is 0. The van der Waals surface area contributed by atoms with Crippen LogP contribution in [-0.2, 0) is 24.4 Å². The summed E-state index contributed by atoms with van der Waals surface area (Å²) in [6.45, 7) is 1.34. The first-order valence-corrected chi connectivity index (χ1v) is 6.65. The molecule has 2 N–H and O–H groups in total. The number of pyridine rings is 1. The summed E-state index contributed by atoms with van der Waals surface area (Å²) in [5, 5.41) is 12.4. The first-order valence-electron chi connectivity index (χ1n) is 6.65. The summed E-state index contributed by atoms with van der Waals surface area (Å²) < 4.78 is 4.62. The van der Waals surface area contributed by atoms with E-state index < -0.39 is 0 Å². The van der Waals surface area contributed by atoms with Crippen LogP contribution >= 0.6 is 0 Å². The molecule has 0 aliphatic carbocycles. The van der Waals surface area contributed by atoms with Gasteiger partial charge < -0.3 is 15.2 Å². The maximum atomic E-state index is 11.3. The van der Waals surface area contributed by atoms with Crippen molar-refractivity contribution in [2.24, 2.45) is 0 Å². The number of nitrogens with one attached hydrogen (secondary N) is 1. The van der Waals surface area contributed by atoms with Crippen LogP contribution in [0.3, 0.4) is 0 Å². The van der Waals surface area contributed by atoms with E-state index in [2.05, 4.69) is 15.0 Å². The molecule has 2 aromatic rings. The fourth-order valence-corrected chi connectivity index (χ4v) is 1.94. The molecule has 0 spiro atoms. The Kier molecular flexibility index (Phi) is 5.43. The van der Waals surface area contributed by atoms with E-state index in [1.807, 2.05) is 24.3 Å². The third-order valence-electron chi connectivity index (χ3n) is 3.06. The highest BCUT2D eigenvalue weighted by Crippen LogP contribution is 2.06. The molecule has 1 aromatic heterocycles. The number of aliphatic hydroxyl groups excluding tert-OH is 1. The molecule has 0 saturated heterocycles. The Labute approximate surface area is 123 Å². The summed E-state index contributed by atoms with van der Waals surface area (Å²) in [6, 6.07) is 11.3. The number of methoxy groups -OCH3 is 1. The lowest BCUT2D eigenvalue weighted by Crippen LogP contribution is -2.14. The van der Waals surface area contributed by atoms with Gasteiger partial charge >= 0.3 is 5.97 Å². The Balaban J connectivity index is 1.87. The second kappa shape index (κ2) is 7.52. The third-order valence-corrected chi connectivity index (χ3v) is 3.06. The van der Waals surface area contributed by atoms with Crippen LogP contribution in [0.15, 0.2) is 42.6 Å². The van der Waals surface area contributed by atoms with Gasteiger partial charge in [-0.15, -0.1) is 0 Å². The van der Waals surface area contributed by atoms with Crippen LogP contribution in [0.25, 0.3) is 0 Å². The van der Waals surface area contributed by atoms with E-state index in [9.17, 15) is 4.79 Å². The minimum Gasteiger partial charge on any atom is -0.465 e. The first kappa shape index (κ1) is 15.2. The molecule has 1 aromatic carbocycles. The molecular formula is C16H18N2O3. The zero-order valence-electron chi connectivity index (χ0n) is 11.9. The van der Waals surface area contributed by atoms with Crippen LogP contribution in [0.1, 0.15) is 27.2 Å². The molecule has 0 fully saturated rings. The number of nitrogens with zero attached hydrogens (tertiary/aromatic N) is 1. The van der Waals surface area contributed by atoms with Gasteiger partial charge in [0.15, 0.2) is 0 Å². The van der Waals surface area contributed by atoms with E-state index >= 15 is 0 Å². The van der Waals surface area contributed by atoms with Crippen molar-refractivity contribution in [2.45, 2.75) is 19.7 Å². The standard InChI is InChI=1S/C16H18N2O3/c1-21-16(20)14-5-6-15(18-9-14)10-17-8-12-3-2-4-13(7-12)11-19/h2-7,9,17,19H,8,10-11H2,1H3. The van der Waals surface area contributed by atoms with E-state index in [1.165, 1.54) is 13.3 Å². The summed E-state index contributed by atoms with van der Waals surface area (Å²) in [5.74, 6) is -0.386. The van der Waals surface area contributed by atoms with Crippen LogP contribution in [0.2, 0.25) is 0 Å². The normalized spacial score (nSPS) is 10.4. The lowest BCUT2D eigenvalue weighted by molar-refractivity contribution is 0.0600. The summed E-state index contributed by atoms with van der Waals surface area (Å²) in [4.78, 5) is 15.5. The number of carbonyl (C=O) groups is 1. The zero-order chi connectivity index (χ0) is 15.1. The Morgan fingerprint density at radius 1 is 1.24 bits per heavy atom. The fraction of sp³-hybridized carbons (Fsp3) is 0.250. The summed E-state index contributed by atoms with van der Waals surface area (Å²) in [5.41, 5.74) is 3.29. The molecule has 0 atom stereocenters. The Morgan fingerprint density at radius 2 is 2.05 bits per heavy atom. The molecule has 0 aliphatic rings. The average molecular weight is 286 g/mol. The van der Waals surface area contributed by atoms with E-state index in [0.717, 1.165) is 16.8 Å². The number of aliphatic hydroxyl groups is 1. The van der Waals surface area contributed by atoms with Crippen molar-refractivity contribution in [2.75, 3.05) is 7.11 Å². The number of aromatic nitrogens is 1. The third kappa shape index (κ3) is 4.37. The minimum absolute atomic E-state index is 0.0460. The summed E-state index contributed by atoms with van der Waals surface area (Å²) in [6.07, 6.45) is 1.51. The number of hydrogen-bond acceptors (Lipinski definition) is 5. The van der Waals surface area contributed by atoms with Gasteiger partial charge in [-0.1, -0.05) is 24.3 Å². The van der Waals surface area contributed by atoms with Gasteiger partial charge in [-0.3, -0.25) is 4.98 Å². The topological polar surface area (TPSA) is 71.5 Å². The largest absolute Gasteiger partial charge is 0.465 e. The fourth-order valence-electron chi connectivity index (χ4n) is 1.94. The highest BCUT2D eigenvalue weighted by Gasteiger charge is 2.05. The van der Waals surface area contributed by atoms with Crippen molar-refractivity contribution in [1.82, 2.24) is 10.3 Å². The first-order chi connectivity index (χ1) is 10.2. The van der Waals surface area contributed by atoms with Gasteiger partial charge in [0.2, 0.25) is 0 Å². The van der Waals surface area contributed by atoms with Crippen LogP contribution in [-0.4, -0.2) is 23.2 Å². The van der Waals surface area contributed by atoms with E-state index in [4.69, 9.17) is 5.11 Å². The van der Waals surface area contributed by atoms with Crippen LogP contribution < -0.4 is 5.32 Å². The van der Waals surface area contributed by atoms with Gasteiger partial charge in [0.1, 0.15) is 0 Å². The second-order valence-electron chi connectivity index (χ2n) is 4.61. The molecule has 0 bridgehead atoms. The summed E-state index contributed by atoms with van der Waals surface area (Å²) in [7, 11) is 1.35. The molecule has 0 unspecified atom stereocenters. The predicted octanol–water partition coefficient (Wildman–Crippen LogP) is 1.65. The van der Waals surface area contributed by atoms with Crippen molar-refractivity contribution in [3.8, 4) is 0 Å². The molecule has 5 nitrogen and oxygen atoms in total. The molecule has 1 heterocycles. The second-order valence-corrected chi connectivity index (χ2v) is 4.61. The highest BCUT2D eigenvalue weighted by molar-refractivity contribution is 5.88. The van der Waals surface area contributed by atoms with Crippen LogP contribution in [0.5, 0.6) is 0 Å². The molecule has 5 heteroatoms. The SMILES string of the molecule is COC(=O)c1ccc(CNCc2cccc(CO)c2)nc1. The number of hydrogen-bond donors (Lipinski definition) is 2. The number of ether oxygens (including phenoxy) is 1. The van der Waals surface area contributed by atoms with Gasteiger partial charge in [-0.25, -0.2) is 4.79 Å². The Bertz CT molecular complexity index is 597. The Morgan fingerprint density at radius 3 is 2.71 bits per heavy atom. The zero-order valence-corrected chi connectivity index (χ0v) is 11.9. The van der Waals surface area contributed by atoms with Crippen molar-refractivity contribution in [3.63, 3.8) is 0 Å². The molecule has 21 heavy (non-hydrogen) atoms. The maximum absolute atomic E-state index is 11.3. The van der Waals surface area contributed by atoms with Crippen LogP contribution in [0, 0.1) is 0 Å². The number of esters is 1. The van der Waals surface area contributed by atoms with Crippen LogP contribution in [0.4, 0.5) is 0 Å². The lowest BCUT2D eigenvalue weighted by atomic mass is 10.1. The van der Waals surface area contributed by atoms with Gasteiger partial charge in [0.25, 0.3) is 0 Å². The number of carbonyl (C=O) groups excluding carboxylic acids is 1. The van der Waals surface area contributed by atoms with Crippen molar-refractivity contribution in [1.29, 1.82) is 0 Å². The number of benzene rings is 1. The monoisotopic (exact) mass is 286 g/mol. The highest BCUT2D eigenvalue weighted by atomic mass is 16.5. The van der Waals surface area contributed by atoms with E-state index in [0.29, 0.717) is 18.7 Å². The van der Waals surface area contributed by atoms with Gasteiger partial charge in [0.05, 0.1) is 25.0 Å². The maximum Gasteiger partial charge on any atom is 0.339 e. The van der Waals surface area contributed by atoms with E-state index in [1.54, 1.807) is 12.1 Å². The van der Waals surface area contributed by atoms with E-state index in [-0.39, 0.29) is 12.6 Å². The van der Waals surface area contributed by atoms with Gasteiger partial charge in [-0.05, 0) is 23.3 Å². The molecule has 0 radical (unpaired) electrons. The molecule has 0 amide bonds. The van der Waals surface area contributed by atoms with Crippen molar-refractivity contribution >= 4 is 5.97 Å². The van der Waals surface area contributed by atoms with Crippen molar-refractivity contribution < 1.29 is 14.6 Å².